The minimum Gasteiger partial charge on any atom is -0.480 e. The van der Waals surface area contributed by atoms with Crippen LogP contribution in [-0.4, -0.2) is 128 Å². The van der Waals surface area contributed by atoms with Crippen LogP contribution in [0.4, 0.5) is 0 Å². The summed E-state index contributed by atoms with van der Waals surface area (Å²) < 4.78 is 0. The second-order valence-corrected chi connectivity index (χ2v) is 6.88. The molecule has 0 radical (unpaired) electrons. The van der Waals surface area contributed by atoms with E-state index in [9.17, 15) is 29.1 Å². The molecule has 0 rings (SSSR count). The van der Waals surface area contributed by atoms with E-state index in [-0.39, 0.29) is 13.1 Å². The number of carbonyl (C=O) groups is 5. The fourth-order valence-corrected chi connectivity index (χ4v) is 3.06. The number of carboxylic acids is 5. The third-order valence-corrected chi connectivity index (χ3v) is 4.31. The fraction of sp³-hybridized carbons (Fsp3) is 0.762. The molecule has 34 heavy (non-hydrogen) atoms. The first-order valence-electron chi connectivity index (χ1n) is 11.1. The molecule has 0 spiro atoms. The van der Waals surface area contributed by atoms with Crippen molar-refractivity contribution in [2.45, 2.75) is 60.0 Å². The molecule has 13 nitrogen and oxygen atoms in total. The molecule has 0 aromatic rings. The molecule has 0 aliphatic rings. The van der Waals surface area contributed by atoms with Crippen molar-refractivity contribution in [1.29, 1.82) is 0 Å². The molecule has 2 unspecified atom stereocenters. The molecular formula is C21H41N3O10. The van der Waals surface area contributed by atoms with Crippen LogP contribution in [0.15, 0.2) is 0 Å². The van der Waals surface area contributed by atoms with Gasteiger partial charge in [-0.05, 0) is 13.3 Å². The second kappa shape index (κ2) is 20.8. The maximum atomic E-state index is 11.3. The Kier molecular flexibility index (Phi) is 21.9. The van der Waals surface area contributed by atoms with E-state index in [4.69, 9.17) is 20.4 Å². The maximum Gasteiger partial charge on any atom is 0.317 e. The summed E-state index contributed by atoms with van der Waals surface area (Å²) in [6.07, 6.45) is 0.332. The van der Waals surface area contributed by atoms with Crippen molar-refractivity contribution in [1.82, 2.24) is 14.7 Å². The largest absolute Gasteiger partial charge is 0.480 e. The maximum absolute atomic E-state index is 11.3. The lowest BCUT2D eigenvalue weighted by Crippen LogP contribution is -2.52. The molecule has 0 aliphatic heterocycles. The molecule has 0 saturated carbocycles. The van der Waals surface area contributed by atoms with Gasteiger partial charge in [-0.25, -0.2) is 0 Å². The summed E-state index contributed by atoms with van der Waals surface area (Å²) in [6, 6.07) is -1.25. The minimum absolute atomic E-state index is 0.00167. The first kappa shape index (κ1) is 35.8. The monoisotopic (exact) mass is 495 g/mol. The lowest BCUT2D eigenvalue weighted by Gasteiger charge is -2.35. The van der Waals surface area contributed by atoms with E-state index in [1.807, 2.05) is 27.7 Å². The summed E-state index contributed by atoms with van der Waals surface area (Å²) >= 11 is 0. The fourth-order valence-electron chi connectivity index (χ4n) is 3.06. The number of aliphatic carboxylic acids is 5. The Morgan fingerprint density at radius 1 is 0.588 bits per heavy atom. The normalized spacial score (nSPS) is 12.1. The van der Waals surface area contributed by atoms with Crippen molar-refractivity contribution in [3.8, 4) is 0 Å². The quantitative estimate of drug-likeness (QED) is 0.188. The Bertz CT molecular complexity index is 598. The zero-order valence-electron chi connectivity index (χ0n) is 20.9. The third-order valence-electron chi connectivity index (χ3n) is 4.31. The molecule has 5 N–H and O–H groups in total. The van der Waals surface area contributed by atoms with E-state index in [1.54, 1.807) is 13.8 Å². The van der Waals surface area contributed by atoms with E-state index in [1.165, 1.54) is 9.80 Å². The number of rotatable bonds is 17. The predicted molar refractivity (Wildman–Crippen MR) is 124 cm³/mol. The molecule has 2 atom stereocenters. The van der Waals surface area contributed by atoms with Crippen molar-refractivity contribution in [2.24, 2.45) is 0 Å². The van der Waals surface area contributed by atoms with Gasteiger partial charge in [-0.15, -0.1) is 0 Å². The Morgan fingerprint density at radius 2 is 0.912 bits per heavy atom. The van der Waals surface area contributed by atoms with Gasteiger partial charge in [0.25, 0.3) is 0 Å². The van der Waals surface area contributed by atoms with Gasteiger partial charge in [0.05, 0.1) is 32.7 Å². The molecular weight excluding hydrogens is 454 g/mol. The predicted octanol–water partition coefficient (Wildman–Crippen LogP) is 0.535. The van der Waals surface area contributed by atoms with Crippen molar-refractivity contribution < 1.29 is 49.5 Å². The van der Waals surface area contributed by atoms with E-state index >= 15 is 0 Å². The van der Waals surface area contributed by atoms with Crippen LogP contribution in [0.1, 0.15) is 48.0 Å². The van der Waals surface area contributed by atoms with Gasteiger partial charge in [0.1, 0.15) is 0 Å². The summed E-state index contributed by atoms with van der Waals surface area (Å²) in [6.45, 7) is 8.54. The van der Waals surface area contributed by atoms with Crippen molar-refractivity contribution in [3.63, 3.8) is 0 Å². The molecule has 0 amide bonds. The number of carboxylic acid groups (broad SMARTS) is 5. The van der Waals surface area contributed by atoms with Crippen LogP contribution in [0.3, 0.4) is 0 Å². The van der Waals surface area contributed by atoms with Crippen LogP contribution in [-0.2, 0) is 24.0 Å². The van der Waals surface area contributed by atoms with E-state index < -0.39 is 74.7 Å². The van der Waals surface area contributed by atoms with Crippen molar-refractivity contribution >= 4 is 29.8 Å². The lowest BCUT2D eigenvalue weighted by atomic mass is 10.1. The second-order valence-electron chi connectivity index (χ2n) is 6.88. The molecule has 0 aromatic carbocycles. The average molecular weight is 496 g/mol. The first-order valence-corrected chi connectivity index (χ1v) is 11.1. The zero-order chi connectivity index (χ0) is 27.4. The Morgan fingerprint density at radius 3 is 1.21 bits per heavy atom. The van der Waals surface area contributed by atoms with Crippen molar-refractivity contribution in [3.05, 3.63) is 0 Å². The molecule has 0 aliphatic carbocycles. The number of hydrogen-bond donors (Lipinski definition) is 5. The van der Waals surface area contributed by atoms with E-state index in [0.29, 0.717) is 6.42 Å². The molecule has 0 saturated heterocycles. The first-order chi connectivity index (χ1) is 15.8. The van der Waals surface area contributed by atoms with Crippen LogP contribution in [0.2, 0.25) is 0 Å². The Labute approximate surface area is 200 Å². The highest BCUT2D eigenvalue weighted by Crippen LogP contribution is 2.10. The molecule has 0 heterocycles. The van der Waals surface area contributed by atoms with Gasteiger partial charge in [0.2, 0.25) is 0 Å². The highest BCUT2D eigenvalue weighted by Gasteiger charge is 2.27. The molecule has 0 fully saturated rings. The molecule has 13 heteroatoms. The highest BCUT2D eigenvalue weighted by molar-refractivity contribution is 5.73. The smallest absolute Gasteiger partial charge is 0.317 e. The van der Waals surface area contributed by atoms with Gasteiger partial charge in [0, 0.05) is 25.2 Å². The average Bonchev–Trinajstić information content (AvgIpc) is 2.72. The van der Waals surface area contributed by atoms with Gasteiger partial charge >= 0.3 is 29.8 Å². The van der Waals surface area contributed by atoms with E-state index in [0.717, 1.165) is 4.90 Å². The Hall–Kier alpha value is -2.77. The van der Waals surface area contributed by atoms with Crippen LogP contribution in [0.5, 0.6) is 0 Å². The van der Waals surface area contributed by atoms with E-state index in [2.05, 4.69) is 0 Å². The molecule has 200 valence electrons. The molecule has 0 bridgehead atoms. The third kappa shape index (κ3) is 18.8. The van der Waals surface area contributed by atoms with Gasteiger partial charge < -0.3 is 25.5 Å². The van der Waals surface area contributed by atoms with Crippen LogP contribution in [0, 0.1) is 0 Å². The van der Waals surface area contributed by atoms with Gasteiger partial charge in [0.15, 0.2) is 0 Å². The van der Waals surface area contributed by atoms with Gasteiger partial charge in [-0.2, -0.15) is 0 Å². The summed E-state index contributed by atoms with van der Waals surface area (Å²) in [7, 11) is 0. The summed E-state index contributed by atoms with van der Waals surface area (Å²) in [5.41, 5.74) is 0. The molecule has 0 aromatic heterocycles. The summed E-state index contributed by atoms with van der Waals surface area (Å²) in [5, 5.41) is 45.3. The number of hydrogen-bond acceptors (Lipinski definition) is 8. The van der Waals surface area contributed by atoms with Crippen LogP contribution >= 0.6 is 0 Å². The SMILES string of the molecule is CC.CC.CCC(CN(CC(=O)O)CC(C)N(CC(=O)O)CC(=O)O)N(CC(=O)O)CC(=O)O. The zero-order valence-corrected chi connectivity index (χ0v) is 20.9. The summed E-state index contributed by atoms with van der Waals surface area (Å²) in [4.78, 5) is 59.3. The lowest BCUT2D eigenvalue weighted by molar-refractivity contribution is -0.144. The summed E-state index contributed by atoms with van der Waals surface area (Å²) in [5.74, 6) is -6.14. The van der Waals surface area contributed by atoms with Gasteiger partial charge in [-0.3, -0.25) is 38.7 Å². The van der Waals surface area contributed by atoms with Crippen LogP contribution in [0.25, 0.3) is 0 Å². The van der Waals surface area contributed by atoms with Crippen LogP contribution < -0.4 is 0 Å². The topological polar surface area (TPSA) is 196 Å². The minimum atomic E-state index is -1.24. The highest BCUT2D eigenvalue weighted by atomic mass is 16.4. The number of nitrogens with zero attached hydrogens (tertiary/aromatic N) is 3. The van der Waals surface area contributed by atoms with Crippen molar-refractivity contribution in [2.75, 3.05) is 45.8 Å². The Balaban J connectivity index is -0.00000227. The van der Waals surface area contributed by atoms with Gasteiger partial charge in [-0.1, -0.05) is 34.6 Å². The standard InChI is InChI=1S/C17H29N3O10.2C2H6/c1-3-12(20(9-16(27)28)10-17(29)30)5-18(6-13(21)22)4-11(2)19(7-14(23)24)8-15(25)26;2*1-2/h11-12H,3-10H2,1-2H3,(H,21,22)(H,23,24)(H,25,26)(H,27,28)(H,29,30);2*1-2H3.